The Morgan fingerprint density at radius 3 is 2.44 bits per heavy atom. The lowest BCUT2D eigenvalue weighted by atomic mass is 9.97. The lowest BCUT2D eigenvalue weighted by Crippen LogP contribution is -2.16. The molecule has 1 aliphatic heterocycles. The van der Waals surface area contributed by atoms with E-state index in [0.717, 1.165) is 5.56 Å². The van der Waals surface area contributed by atoms with Gasteiger partial charge in [0.05, 0.1) is 10.5 Å². The molecule has 0 spiro atoms. The van der Waals surface area contributed by atoms with Gasteiger partial charge in [-0.25, -0.2) is 18.4 Å². The van der Waals surface area contributed by atoms with Gasteiger partial charge in [-0.15, -0.1) is 0 Å². The van der Waals surface area contributed by atoms with Crippen molar-refractivity contribution in [1.82, 2.24) is 9.97 Å². The van der Waals surface area contributed by atoms with Crippen LogP contribution in [-0.2, 0) is 10.0 Å². The van der Waals surface area contributed by atoms with Crippen molar-refractivity contribution in [2.24, 2.45) is 0 Å². The van der Waals surface area contributed by atoms with Crippen molar-refractivity contribution in [3.63, 3.8) is 0 Å². The van der Waals surface area contributed by atoms with Crippen molar-refractivity contribution in [3.05, 3.63) is 71.2 Å². The number of fused-ring (bicyclic) bond motifs is 1. The van der Waals surface area contributed by atoms with Crippen molar-refractivity contribution in [2.75, 3.05) is 10.0 Å². The van der Waals surface area contributed by atoms with E-state index in [1.165, 1.54) is 24.3 Å². The van der Waals surface area contributed by atoms with Gasteiger partial charge < -0.3 is 10.1 Å². The van der Waals surface area contributed by atoms with Crippen LogP contribution < -0.4 is 14.8 Å². The number of aromatic nitrogens is 2. The molecule has 8 nitrogen and oxygen atoms in total. The highest BCUT2D eigenvalue weighted by Gasteiger charge is 2.31. The first-order chi connectivity index (χ1) is 15.1. The Bertz CT molecular complexity index is 1270. The molecule has 0 saturated heterocycles. The van der Waals surface area contributed by atoms with E-state index in [1.54, 1.807) is 26.0 Å². The maximum Gasteiger partial charge on any atom is 0.263 e. The Morgan fingerprint density at radius 2 is 1.75 bits per heavy atom. The Morgan fingerprint density at radius 1 is 1.03 bits per heavy atom. The number of rotatable bonds is 5. The third kappa shape index (κ3) is 4.29. The number of aryl methyl sites for hydroxylation is 2. The van der Waals surface area contributed by atoms with Gasteiger partial charge in [-0.3, -0.25) is 9.52 Å². The van der Waals surface area contributed by atoms with E-state index >= 15 is 0 Å². The fourth-order valence-corrected chi connectivity index (χ4v) is 4.64. The Labute approximate surface area is 187 Å². The molecular weight excluding hydrogens is 428 g/mol. The Kier molecular flexibility index (Phi) is 5.60. The fraction of sp³-hybridized carbons (Fsp3) is 0.261. The van der Waals surface area contributed by atoms with Crippen LogP contribution in [0.3, 0.4) is 0 Å². The molecule has 9 heteroatoms. The minimum atomic E-state index is -3.84. The number of carbonyl (C=O) groups is 1. The predicted octanol–water partition coefficient (Wildman–Crippen LogP) is 4.03. The summed E-state index contributed by atoms with van der Waals surface area (Å²) in [7, 11) is -3.84. The summed E-state index contributed by atoms with van der Waals surface area (Å²) in [6.07, 6.45) is -0.00148. The third-order valence-electron chi connectivity index (χ3n) is 5.42. The molecule has 32 heavy (non-hydrogen) atoms. The molecule has 1 aliphatic rings. The first-order valence-corrected chi connectivity index (χ1v) is 11.7. The minimum Gasteiger partial charge on any atom is -0.489 e. The third-order valence-corrected chi connectivity index (χ3v) is 6.79. The average Bonchev–Trinajstić information content (AvgIpc) is 3.01. The van der Waals surface area contributed by atoms with Crippen molar-refractivity contribution >= 4 is 27.4 Å². The van der Waals surface area contributed by atoms with Gasteiger partial charge in [-0.1, -0.05) is 19.1 Å². The monoisotopic (exact) mass is 452 g/mol. The Hall–Kier alpha value is -3.46. The maximum absolute atomic E-state index is 12.8. The number of para-hydroxylation sites is 1. The molecule has 0 radical (unpaired) electrons. The SMILES string of the molecule is Cc1cc(NS(=O)(=O)c2ccc(NC(=O)c3cccc4c3O[C@H](C)[C@@H]4C)cc2)nc(C)n1. The van der Waals surface area contributed by atoms with Crippen molar-refractivity contribution < 1.29 is 17.9 Å². The second kappa shape index (κ2) is 8.23. The number of nitrogens with one attached hydrogen (secondary N) is 2. The minimum absolute atomic E-state index is 0.00148. The summed E-state index contributed by atoms with van der Waals surface area (Å²) in [5.41, 5.74) is 2.59. The predicted molar refractivity (Wildman–Crippen MR) is 122 cm³/mol. The highest BCUT2D eigenvalue weighted by atomic mass is 32.2. The van der Waals surface area contributed by atoms with Gasteiger partial charge in [-0.05, 0) is 51.1 Å². The van der Waals surface area contributed by atoms with E-state index in [-0.39, 0.29) is 28.6 Å². The van der Waals surface area contributed by atoms with E-state index in [1.807, 2.05) is 19.1 Å². The lowest BCUT2D eigenvalue weighted by Gasteiger charge is -2.11. The van der Waals surface area contributed by atoms with Crippen LogP contribution in [0, 0.1) is 13.8 Å². The lowest BCUT2D eigenvalue weighted by molar-refractivity contribution is 0.102. The molecule has 2 atom stereocenters. The number of ether oxygens (including phenoxy) is 1. The molecule has 2 N–H and O–H groups in total. The zero-order valence-corrected chi connectivity index (χ0v) is 19.0. The number of benzene rings is 2. The van der Waals surface area contributed by atoms with E-state index in [2.05, 4.69) is 26.9 Å². The molecule has 0 fully saturated rings. The van der Waals surface area contributed by atoms with E-state index in [9.17, 15) is 13.2 Å². The van der Waals surface area contributed by atoms with Crippen LogP contribution in [0.1, 0.15) is 47.2 Å². The van der Waals surface area contributed by atoms with Gasteiger partial charge in [0.2, 0.25) is 0 Å². The normalized spacial score (nSPS) is 17.4. The largest absolute Gasteiger partial charge is 0.489 e. The topological polar surface area (TPSA) is 110 Å². The zero-order chi connectivity index (χ0) is 23.0. The van der Waals surface area contributed by atoms with Gasteiger partial charge >= 0.3 is 0 Å². The number of sulfonamides is 1. The molecule has 0 bridgehead atoms. The number of nitrogens with zero attached hydrogens (tertiary/aromatic N) is 2. The smallest absolute Gasteiger partial charge is 0.263 e. The van der Waals surface area contributed by atoms with Crippen LogP contribution in [0.2, 0.25) is 0 Å². The van der Waals surface area contributed by atoms with Crippen molar-refractivity contribution in [2.45, 2.75) is 44.6 Å². The van der Waals surface area contributed by atoms with Crippen LogP contribution in [-0.4, -0.2) is 30.4 Å². The van der Waals surface area contributed by atoms with Gasteiger partial charge in [-0.2, -0.15) is 0 Å². The highest BCUT2D eigenvalue weighted by Crippen LogP contribution is 2.40. The molecule has 1 aromatic heterocycles. The van der Waals surface area contributed by atoms with Crippen molar-refractivity contribution in [3.8, 4) is 5.75 Å². The highest BCUT2D eigenvalue weighted by molar-refractivity contribution is 7.92. The van der Waals surface area contributed by atoms with Gasteiger partial charge in [0.15, 0.2) is 0 Å². The van der Waals surface area contributed by atoms with Gasteiger partial charge in [0.25, 0.3) is 15.9 Å². The molecule has 1 amide bonds. The molecule has 0 saturated carbocycles. The molecular formula is C23H24N4O4S. The second-order valence-corrected chi connectivity index (χ2v) is 9.54. The summed E-state index contributed by atoms with van der Waals surface area (Å²) in [6.45, 7) is 7.49. The summed E-state index contributed by atoms with van der Waals surface area (Å²) in [6, 6.07) is 13.0. The van der Waals surface area contributed by atoms with Crippen LogP contribution in [0.5, 0.6) is 5.75 Å². The zero-order valence-electron chi connectivity index (χ0n) is 18.2. The molecule has 2 aromatic carbocycles. The summed E-state index contributed by atoms with van der Waals surface area (Å²) < 4.78 is 33.7. The number of carbonyl (C=O) groups excluding carboxylic acids is 1. The molecule has 166 valence electrons. The summed E-state index contributed by atoms with van der Waals surface area (Å²) in [5, 5.41) is 2.81. The maximum atomic E-state index is 12.8. The fourth-order valence-electron chi connectivity index (χ4n) is 3.65. The van der Waals surface area contributed by atoms with Crippen LogP contribution in [0.25, 0.3) is 0 Å². The summed E-state index contributed by atoms with van der Waals surface area (Å²) in [5.74, 6) is 1.17. The molecule has 4 rings (SSSR count). The summed E-state index contributed by atoms with van der Waals surface area (Å²) >= 11 is 0. The van der Waals surface area contributed by atoms with Crippen LogP contribution in [0.15, 0.2) is 53.4 Å². The number of anilines is 2. The first kappa shape index (κ1) is 21.8. The number of hydrogen-bond donors (Lipinski definition) is 2. The van der Waals surface area contributed by atoms with E-state index in [4.69, 9.17) is 4.74 Å². The second-order valence-electron chi connectivity index (χ2n) is 7.86. The van der Waals surface area contributed by atoms with Crippen molar-refractivity contribution in [1.29, 1.82) is 0 Å². The number of hydrogen-bond acceptors (Lipinski definition) is 6. The first-order valence-electron chi connectivity index (χ1n) is 10.2. The number of amides is 1. The van der Waals surface area contributed by atoms with Crippen LogP contribution >= 0.6 is 0 Å². The van der Waals surface area contributed by atoms with Crippen LogP contribution in [0.4, 0.5) is 11.5 Å². The Balaban J connectivity index is 1.50. The molecule has 0 aliphatic carbocycles. The quantitative estimate of drug-likeness (QED) is 0.605. The average molecular weight is 453 g/mol. The van der Waals surface area contributed by atoms with E-state index in [0.29, 0.717) is 28.5 Å². The standard InChI is InChI=1S/C23H24N4O4S/c1-13-12-21(25-16(4)24-13)27-32(29,30)18-10-8-17(9-11-18)26-23(28)20-7-5-6-19-14(2)15(3)31-22(19)20/h5-12,14-15H,1-4H3,(H,26,28)(H,24,25,27)/t14-,15+/m0/s1. The molecule has 2 heterocycles. The van der Waals surface area contributed by atoms with E-state index < -0.39 is 10.0 Å². The molecule has 3 aromatic rings. The van der Waals surface area contributed by atoms with Gasteiger partial charge in [0.1, 0.15) is 23.5 Å². The van der Waals surface area contributed by atoms with Gasteiger partial charge in [0, 0.05) is 28.9 Å². The molecule has 0 unspecified atom stereocenters. The summed E-state index contributed by atoms with van der Waals surface area (Å²) in [4.78, 5) is 21.1.